The van der Waals surface area contributed by atoms with Gasteiger partial charge in [-0.1, -0.05) is 0 Å². The van der Waals surface area contributed by atoms with Crippen LogP contribution < -0.4 is 5.73 Å². The van der Waals surface area contributed by atoms with Crippen LogP contribution in [0.3, 0.4) is 0 Å². The van der Waals surface area contributed by atoms with E-state index in [2.05, 4.69) is 4.98 Å². The van der Waals surface area contributed by atoms with Crippen molar-refractivity contribution in [3.63, 3.8) is 0 Å². The van der Waals surface area contributed by atoms with Gasteiger partial charge in [0.05, 0.1) is 23.5 Å². The Balaban J connectivity index is 2.22. The highest BCUT2D eigenvalue weighted by Crippen LogP contribution is 2.37. The summed E-state index contributed by atoms with van der Waals surface area (Å²) in [6.45, 7) is 0. The molecule has 4 heteroatoms. The highest BCUT2D eigenvalue weighted by Gasteiger charge is 2.42. The molecule has 0 aromatic carbocycles. The first kappa shape index (κ1) is 8.59. The first-order valence-corrected chi connectivity index (χ1v) is 4.19. The van der Waals surface area contributed by atoms with Gasteiger partial charge in [0, 0.05) is 0 Å². The van der Waals surface area contributed by atoms with Crippen LogP contribution in [0.5, 0.6) is 0 Å². The van der Waals surface area contributed by atoms with Gasteiger partial charge in [-0.05, 0) is 25.0 Å². The zero-order chi connectivity index (χ0) is 9.47. The predicted molar refractivity (Wildman–Crippen MR) is 45.3 cm³/mol. The minimum Gasteiger partial charge on any atom is -0.393 e. The lowest BCUT2D eigenvalue weighted by molar-refractivity contribution is 0.0188. The maximum absolute atomic E-state index is 12.5. The highest BCUT2D eigenvalue weighted by molar-refractivity contribution is 5.20. The molecule has 0 atom stereocenters. The lowest BCUT2D eigenvalue weighted by Crippen LogP contribution is -2.52. The average Bonchev–Trinajstić information content (AvgIpc) is 2.03. The summed E-state index contributed by atoms with van der Waals surface area (Å²) in [7, 11) is 0. The second kappa shape index (κ2) is 2.75. The summed E-state index contributed by atoms with van der Waals surface area (Å²) >= 11 is 0. The van der Waals surface area contributed by atoms with E-state index in [1.165, 1.54) is 6.07 Å². The van der Waals surface area contributed by atoms with Crippen LogP contribution in [0.1, 0.15) is 18.5 Å². The molecule has 3 N–H and O–H groups in total. The smallest absolute Gasteiger partial charge is 0.141 e. The van der Waals surface area contributed by atoms with Gasteiger partial charge in [-0.25, -0.2) is 4.39 Å². The number of pyridine rings is 1. The third-order valence-electron chi connectivity index (χ3n) is 2.44. The van der Waals surface area contributed by atoms with Gasteiger partial charge < -0.3 is 10.8 Å². The maximum atomic E-state index is 12.5. The van der Waals surface area contributed by atoms with Crippen LogP contribution in [-0.2, 0) is 5.54 Å². The van der Waals surface area contributed by atoms with Crippen LogP contribution in [0.2, 0.25) is 0 Å². The summed E-state index contributed by atoms with van der Waals surface area (Å²) in [5.74, 6) is -0.368. The molecule has 0 amide bonds. The normalized spacial score (nSPS) is 32.7. The van der Waals surface area contributed by atoms with E-state index in [1.54, 1.807) is 6.07 Å². The number of nitrogens with zero attached hydrogens (tertiary/aromatic N) is 1. The van der Waals surface area contributed by atoms with Crippen molar-refractivity contribution in [3.05, 3.63) is 29.8 Å². The van der Waals surface area contributed by atoms with Crippen molar-refractivity contribution in [1.82, 2.24) is 4.98 Å². The third kappa shape index (κ3) is 1.43. The molecule has 13 heavy (non-hydrogen) atoms. The van der Waals surface area contributed by atoms with Crippen molar-refractivity contribution >= 4 is 0 Å². The van der Waals surface area contributed by atoms with Crippen molar-refractivity contribution in [2.45, 2.75) is 24.5 Å². The van der Waals surface area contributed by atoms with Crippen molar-refractivity contribution in [2.75, 3.05) is 0 Å². The van der Waals surface area contributed by atoms with Gasteiger partial charge >= 0.3 is 0 Å². The minimum absolute atomic E-state index is 0.336. The summed E-state index contributed by atoms with van der Waals surface area (Å²) in [6, 6.07) is 2.91. The number of hydrogen-bond donors (Lipinski definition) is 2. The van der Waals surface area contributed by atoms with Crippen LogP contribution in [0.4, 0.5) is 4.39 Å². The Morgan fingerprint density at radius 2 is 2.23 bits per heavy atom. The van der Waals surface area contributed by atoms with Crippen LogP contribution in [-0.4, -0.2) is 16.2 Å². The molecule has 0 saturated heterocycles. The summed E-state index contributed by atoms with van der Waals surface area (Å²) < 4.78 is 12.5. The number of nitrogens with two attached hydrogens (primary N) is 1. The molecule has 1 aromatic rings. The van der Waals surface area contributed by atoms with Crippen LogP contribution in [0.25, 0.3) is 0 Å². The van der Waals surface area contributed by atoms with E-state index in [4.69, 9.17) is 10.8 Å². The highest BCUT2D eigenvalue weighted by atomic mass is 19.1. The summed E-state index contributed by atoms with van der Waals surface area (Å²) in [5.41, 5.74) is 6.02. The molecule has 0 aliphatic heterocycles. The summed E-state index contributed by atoms with van der Waals surface area (Å²) in [6.07, 6.45) is 1.82. The average molecular weight is 182 g/mol. The Kier molecular flexibility index (Phi) is 1.82. The number of halogens is 1. The fourth-order valence-corrected chi connectivity index (χ4v) is 1.66. The monoisotopic (exact) mass is 182 g/mol. The fraction of sp³-hybridized carbons (Fsp3) is 0.444. The molecule has 0 bridgehead atoms. The lowest BCUT2D eigenvalue weighted by atomic mass is 9.73. The molecule has 0 radical (unpaired) electrons. The summed E-state index contributed by atoms with van der Waals surface area (Å²) in [5, 5.41) is 9.12. The van der Waals surface area contributed by atoms with Crippen LogP contribution in [0.15, 0.2) is 18.3 Å². The molecule has 70 valence electrons. The van der Waals surface area contributed by atoms with Gasteiger partial charge in [0.15, 0.2) is 0 Å². The molecule has 0 unspecified atom stereocenters. The number of aliphatic hydroxyl groups excluding tert-OH is 1. The Morgan fingerprint density at radius 1 is 1.54 bits per heavy atom. The van der Waals surface area contributed by atoms with Gasteiger partial charge in [0.2, 0.25) is 0 Å². The number of aliphatic hydroxyl groups is 1. The van der Waals surface area contributed by atoms with E-state index in [-0.39, 0.29) is 11.9 Å². The van der Waals surface area contributed by atoms with E-state index < -0.39 is 5.54 Å². The van der Waals surface area contributed by atoms with Gasteiger partial charge in [0.1, 0.15) is 5.82 Å². The van der Waals surface area contributed by atoms with E-state index in [9.17, 15) is 4.39 Å². The van der Waals surface area contributed by atoms with Crippen molar-refractivity contribution in [2.24, 2.45) is 5.73 Å². The van der Waals surface area contributed by atoms with Crippen molar-refractivity contribution in [3.8, 4) is 0 Å². The van der Waals surface area contributed by atoms with Crippen LogP contribution in [0, 0.1) is 5.82 Å². The molecule has 1 aromatic heterocycles. The number of hydrogen-bond acceptors (Lipinski definition) is 3. The first-order valence-electron chi connectivity index (χ1n) is 4.19. The number of rotatable bonds is 1. The second-order valence-electron chi connectivity index (χ2n) is 3.58. The van der Waals surface area contributed by atoms with E-state index >= 15 is 0 Å². The van der Waals surface area contributed by atoms with Crippen molar-refractivity contribution in [1.29, 1.82) is 0 Å². The quantitative estimate of drug-likeness (QED) is 0.666. The van der Waals surface area contributed by atoms with Gasteiger partial charge in [-0.2, -0.15) is 0 Å². The Hall–Kier alpha value is -1.00. The molecular formula is C9H11FN2O. The first-order chi connectivity index (χ1) is 6.10. The SMILES string of the molecule is NC1(c2ccc(F)cn2)CC(O)C1. The molecule has 1 saturated carbocycles. The largest absolute Gasteiger partial charge is 0.393 e. The Bertz CT molecular complexity index is 306. The third-order valence-corrected chi connectivity index (χ3v) is 2.44. The van der Waals surface area contributed by atoms with E-state index in [1.807, 2.05) is 0 Å². The standard InChI is InChI=1S/C9H11FN2O/c10-6-1-2-8(12-5-6)9(11)3-7(13)4-9/h1-2,5,7,13H,3-4,11H2. The van der Waals surface area contributed by atoms with Gasteiger partial charge in [-0.15, -0.1) is 0 Å². The van der Waals surface area contributed by atoms with Gasteiger partial charge in [0.25, 0.3) is 0 Å². The minimum atomic E-state index is -0.548. The molecule has 1 heterocycles. The van der Waals surface area contributed by atoms with Crippen LogP contribution >= 0.6 is 0 Å². The Labute approximate surface area is 75.4 Å². The predicted octanol–water partition coefficient (Wildman–Crippen LogP) is 0.529. The molecule has 0 spiro atoms. The lowest BCUT2D eigenvalue weighted by Gasteiger charge is -2.41. The topological polar surface area (TPSA) is 59.1 Å². The molecule has 1 aliphatic rings. The second-order valence-corrected chi connectivity index (χ2v) is 3.58. The molecule has 2 rings (SSSR count). The van der Waals surface area contributed by atoms with Crippen molar-refractivity contribution < 1.29 is 9.50 Å². The Morgan fingerprint density at radius 3 is 2.69 bits per heavy atom. The molecule has 1 aliphatic carbocycles. The molecule has 1 fully saturated rings. The zero-order valence-electron chi connectivity index (χ0n) is 7.07. The van der Waals surface area contributed by atoms with E-state index in [0.29, 0.717) is 18.5 Å². The zero-order valence-corrected chi connectivity index (χ0v) is 7.07. The maximum Gasteiger partial charge on any atom is 0.141 e. The number of aromatic nitrogens is 1. The van der Waals surface area contributed by atoms with Gasteiger partial charge in [-0.3, -0.25) is 4.98 Å². The molecule has 3 nitrogen and oxygen atoms in total. The van der Waals surface area contributed by atoms with E-state index in [0.717, 1.165) is 6.20 Å². The fourth-order valence-electron chi connectivity index (χ4n) is 1.66. The molecular weight excluding hydrogens is 171 g/mol. The summed E-state index contributed by atoms with van der Waals surface area (Å²) in [4.78, 5) is 3.90.